The van der Waals surface area contributed by atoms with E-state index in [1.54, 1.807) is 11.3 Å². The number of hydrogen-bond donors (Lipinski definition) is 1. The predicted molar refractivity (Wildman–Crippen MR) is 42.0 cm³/mol. The average molecular weight is 162 g/mol. The van der Waals surface area contributed by atoms with E-state index in [1.807, 2.05) is 13.0 Å². The van der Waals surface area contributed by atoms with Gasteiger partial charge in [0.15, 0.2) is 0 Å². The highest BCUT2D eigenvalue weighted by atomic mass is 35.5. The fraction of sp³-hybridized carbons (Fsp3) is 0.333. The first-order chi connectivity index (χ1) is 4.24. The summed E-state index contributed by atoms with van der Waals surface area (Å²) in [7, 11) is 0. The number of aryl methyl sites for hydroxylation is 1. The van der Waals surface area contributed by atoms with Crippen LogP contribution in [-0.4, -0.2) is 0 Å². The van der Waals surface area contributed by atoms with E-state index >= 15 is 0 Å². The maximum atomic E-state index is 5.78. The van der Waals surface area contributed by atoms with E-state index in [2.05, 4.69) is 0 Å². The van der Waals surface area contributed by atoms with Crippen molar-refractivity contribution in [2.24, 2.45) is 5.73 Å². The molecule has 1 aromatic heterocycles. The van der Waals surface area contributed by atoms with Crippen molar-refractivity contribution >= 4 is 22.9 Å². The molecule has 0 aromatic carbocycles. The lowest BCUT2D eigenvalue weighted by atomic mass is 10.4. The Hall–Kier alpha value is -0.0500. The third-order valence-electron chi connectivity index (χ3n) is 1.07. The standard InChI is InChI=1S/C6H8ClNS/c1-4-2-5(7)6(3-8)9-4/h2H,3,8H2,1H3. The van der Waals surface area contributed by atoms with Gasteiger partial charge in [-0.3, -0.25) is 0 Å². The smallest absolute Gasteiger partial charge is 0.0560 e. The summed E-state index contributed by atoms with van der Waals surface area (Å²) in [5, 5.41) is 0.806. The van der Waals surface area contributed by atoms with E-state index in [4.69, 9.17) is 17.3 Å². The molecule has 0 bridgehead atoms. The van der Waals surface area contributed by atoms with Gasteiger partial charge in [0.1, 0.15) is 0 Å². The molecule has 0 saturated heterocycles. The average Bonchev–Trinajstić information content (AvgIpc) is 2.10. The van der Waals surface area contributed by atoms with Crippen LogP contribution in [0.4, 0.5) is 0 Å². The lowest BCUT2D eigenvalue weighted by molar-refractivity contribution is 1.11. The molecule has 50 valence electrons. The van der Waals surface area contributed by atoms with E-state index in [9.17, 15) is 0 Å². The molecule has 0 aliphatic heterocycles. The van der Waals surface area contributed by atoms with Crippen molar-refractivity contribution in [2.45, 2.75) is 13.5 Å². The van der Waals surface area contributed by atoms with Crippen molar-refractivity contribution in [3.8, 4) is 0 Å². The highest BCUT2D eigenvalue weighted by molar-refractivity contribution is 7.12. The van der Waals surface area contributed by atoms with Crippen molar-refractivity contribution in [2.75, 3.05) is 0 Å². The predicted octanol–water partition coefficient (Wildman–Crippen LogP) is 2.17. The molecule has 0 spiro atoms. The van der Waals surface area contributed by atoms with Gasteiger partial charge in [-0.25, -0.2) is 0 Å². The van der Waals surface area contributed by atoms with Crippen molar-refractivity contribution in [3.05, 3.63) is 20.8 Å². The molecule has 1 aromatic rings. The van der Waals surface area contributed by atoms with Gasteiger partial charge < -0.3 is 5.73 Å². The van der Waals surface area contributed by atoms with Crippen molar-refractivity contribution in [1.82, 2.24) is 0 Å². The van der Waals surface area contributed by atoms with Gasteiger partial charge in [0.2, 0.25) is 0 Å². The molecule has 1 heterocycles. The van der Waals surface area contributed by atoms with Crippen LogP contribution in [0.15, 0.2) is 6.07 Å². The van der Waals surface area contributed by atoms with Crippen LogP contribution in [0.5, 0.6) is 0 Å². The third-order valence-corrected chi connectivity index (χ3v) is 2.59. The van der Waals surface area contributed by atoms with Crippen LogP contribution in [-0.2, 0) is 6.54 Å². The molecule has 0 fully saturated rings. The number of halogens is 1. The van der Waals surface area contributed by atoms with Gasteiger partial charge in [0.25, 0.3) is 0 Å². The normalized spacial score (nSPS) is 10.1. The number of thiophene rings is 1. The molecule has 1 rings (SSSR count). The van der Waals surface area contributed by atoms with Crippen molar-refractivity contribution in [1.29, 1.82) is 0 Å². The lowest BCUT2D eigenvalue weighted by Gasteiger charge is -1.86. The Balaban J connectivity index is 3.01. The zero-order chi connectivity index (χ0) is 6.85. The van der Waals surface area contributed by atoms with Gasteiger partial charge >= 0.3 is 0 Å². The van der Waals surface area contributed by atoms with Gasteiger partial charge in [-0.2, -0.15) is 0 Å². The van der Waals surface area contributed by atoms with Gasteiger partial charge in [-0.1, -0.05) is 11.6 Å². The van der Waals surface area contributed by atoms with Crippen molar-refractivity contribution in [3.63, 3.8) is 0 Å². The third kappa shape index (κ3) is 1.45. The van der Waals surface area contributed by atoms with Crippen LogP contribution < -0.4 is 5.73 Å². The first-order valence-corrected chi connectivity index (χ1v) is 3.88. The summed E-state index contributed by atoms with van der Waals surface area (Å²) in [6.07, 6.45) is 0. The van der Waals surface area contributed by atoms with E-state index < -0.39 is 0 Å². The van der Waals surface area contributed by atoms with E-state index in [-0.39, 0.29) is 0 Å². The van der Waals surface area contributed by atoms with Crippen LogP contribution in [0.25, 0.3) is 0 Å². The second kappa shape index (κ2) is 2.69. The first kappa shape index (κ1) is 7.06. The summed E-state index contributed by atoms with van der Waals surface area (Å²) in [5.74, 6) is 0. The number of nitrogens with two attached hydrogens (primary N) is 1. The zero-order valence-electron chi connectivity index (χ0n) is 5.15. The Morgan fingerprint density at radius 3 is 2.67 bits per heavy atom. The minimum atomic E-state index is 0.553. The minimum Gasteiger partial charge on any atom is -0.326 e. The number of rotatable bonds is 1. The Morgan fingerprint density at radius 2 is 2.44 bits per heavy atom. The summed E-state index contributed by atoms with van der Waals surface area (Å²) < 4.78 is 0. The van der Waals surface area contributed by atoms with Gasteiger partial charge in [-0.15, -0.1) is 11.3 Å². The molecule has 0 radical (unpaired) electrons. The molecule has 0 aliphatic carbocycles. The summed E-state index contributed by atoms with van der Waals surface area (Å²) in [4.78, 5) is 2.30. The quantitative estimate of drug-likeness (QED) is 0.672. The zero-order valence-corrected chi connectivity index (χ0v) is 6.72. The Morgan fingerprint density at radius 1 is 1.78 bits per heavy atom. The highest BCUT2D eigenvalue weighted by Gasteiger charge is 2.00. The highest BCUT2D eigenvalue weighted by Crippen LogP contribution is 2.25. The molecule has 0 atom stereocenters. The summed E-state index contributed by atoms with van der Waals surface area (Å²) in [6.45, 7) is 2.58. The van der Waals surface area contributed by atoms with Crippen LogP contribution in [0.3, 0.4) is 0 Å². The second-order valence-electron chi connectivity index (χ2n) is 1.83. The van der Waals surface area contributed by atoms with Crippen molar-refractivity contribution < 1.29 is 0 Å². The maximum Gasteiger partial charge on any atom is 0.0560 e. The van der Waals surface area contributed by atoms with Gasteiger partial charge in [-0.05, 0) is 13.0 Å². The molecular weight excluding hydrogens is 154 g/mol. The molecule has 0 aliphatic rings. The monoisotopic (exact) mass is 161 g/mol. The molecule has 0 amide bonds. The Kier molecular flexibility index (Phi) is 2.11. The lowest BCUT2D eigenvalue weighted by Crippen LogP contribution is -1.92. The largest absolute Gasteiger partial charge is 0.326 e. The summed E-state index contributed by atoms with van der Waals surface area (Å²) in [5.41, 5.74) is 5.39. The van der Waals surface area contributed by atoms with Crippen LogP contribution in [0.1, 0.15) is 9.75 Å². The first-order valence-electron chi connectivity index (χ1n) is 2.69. The fourth-order valence-electron chi connectivity index (χ4n) is 0.671. The van der Waals surface area contributed by atoms with E-state index in [1.165, 1.54) is 4.88 Å². The maximum absolute atomic E-state index is 5.78. The summed E-state index contributed by atoms with van der Waals surface area (Å²) in [6, 6.07) is 1.94. The van der Waals surface area contributed by atoms with Crippen LogP contribution in [0, 0.1) is 6.92 Å². The van der Waals surface area contributed by atoms with Gasteiger partial charge in [0, 0.05) is 16.3 Å². The SMILES string of the molecule is Cc1cc(Cl)c(CN)s1. The second-order valence-corrected chi connectivity index (χ2v) is 3.58. The molecule has 3 heteroatoms. The van der Waals surface area contributed by atoms with E-state index in [0.717, 1.165) is 9.90 Å². The number of hydrogen-bond acceptors (Lipinski definition) is 2. The minimum absolute atomic E-state index is 0.553. The molecule has 9 heavy (non-hydrogen) atoms. The Bertz CT molecular complexity index is 207. The summed E-state index contributed by atoms with van der Waals surface area (Å²) >= 11 is 7.43. The van der Waals surface area contributed by atoms with Gasteiger partial charge in [0.05, 0.1) is 5.02 Å². The molecule has 0 unspecified atom stereocenters. The fourth-order valence-corrected chi connectivity index (χ4v) is 1.90. The molecule has 1 nitrogen and oxygen atoms in total. The topological polar surface area (TPSA) is 26.0 Å². The molecular formula is C6H8ClNS. The molecule has 0 saturated carbocycles. The Labute approximate surface area is 63.4 Å². The molecule has 2 N–H and O–H groups in total. The van der Waals surface area contributed by atoms with Crippen LogP contribution >= 0.6 is 22.9 Å². The van der Waals surface area contributed by atoms with E-state index in [0.29, 0.717) is 6.54 Å². The van der Waals surface area contributed by atoms with Crippen LogP contribution in [0.2, 0.25) is 5.02 Å².